The number of rotatable bonds is 9. The largest absolute Gasteiger partial charge is 0.493 e. The number of halogens is 2. The van der Waals surface area contributed by atoms with E-state index in [1.54, 1.807) is 24.3 Å². The fourth-order valence-electron chi connectivity index (χ4n) is 2.51. The number of carbonyl (C=O) groups excluding carboxylic acids is 1. The van der Waals surface area contributed by atoms with Gasteiger partial charge in [0.2, 0.25) is 5.91 Å². The molecular weight excluding hydrogens is 408 g/mol. The summed E-state index contributed by atoms with van der Waals surface area (Å²) in [5.41, 5.74) is 0.752. The molecule has 0 atom stereocenters. The van der Waals surface area contributed by atoms with Gasteiger partial charge in [-0.05, 0) is 35.6 Å². The molecule has 0 unspecified atom stereocenters. The highest BCUT2D eigenvalue weighted by Gasteiger charge is 2.14. The first-order chi connectivity index (χ1) is 14.0. The second-order valence-electron chi connectivity index (χ2n) is 5.77. The maximum absolute atomic E-state index is 12.4. The lowest BCUT2D eigenvalue weighted by Gasteiger charge is -2.11. The summed E-state index contributed by atoms with van der Waals surface area (Å²) in [6, 6.07) is 8.09. The Bertz CT molecular complexity index is 1020. The van der Waals surface area contributed by atoms with E-state index < -0.39 is 18.3 Å². The number of nitrogens with one attached hydrogen (secondary N) is 1. The monoisotopic (exact) mass is 425 g/mol. The van der Waals surface area contributed by atoms with Crippen LogP contribution in [0.15, 0.2) is 44.9 Å². The van der Waals surface area contributed by atoms with E-state index in [9.17, 15) is 18.4 Å². The Kier molecular flexibility index (Phi) is 6.60. The SMILES string of the molecule is COc1cc(CCNC(=O)Cn2nc(-c3cccs3)oc2=O)ccc1OC(F)F. The average Bonchev–Trinajstić information content (AvgIpc) is 3.33. The number of hydrogen-bond donors (Lipinski definition) is 1. The molecule has 0 bridgehead atoms. The molecule has 8 nitrogen and oxygen atoms in total. The molecule has 0 aliphatic rings. The maximum atomic E-state index is 12.4. The quantitative estimate of drug-likeness (QED) is 0.566. The molecule has 3 aromatic rings. The zero-order chi connectivity index (χ0) is 20.8. The third-order valence-corrected chi connectivity index (χ3v) is 4.67. The summed E-state index contributed by atoms with van der Waals surface area (Å²) in [4.78, 5) is 24.6. The fraction of sp³-hybridized carbons (Fsp3) is 0.278. The predicted molar refractivity (Wildman–Crippen MR) is 100 cm³/mol. The Labute approximate surface area is 167 Å². The minimum atomic E-state index is -2.95. The summed E-state index contributed by atoms with van der Waals surface area (Å²) in [5, 5.41) is 8.50. The number of ether oxygens (including phenoxy) is 2. The van der Waals surface area contributed by atoms with Crippen molar-refractivity contribution in [3.63, 3.8) is 0 Å². The van der Waals surface area contributed by atoms with Gasteiger partial charge in [0, 0.05) is 6.54 Å². The van der Waals surface area contributed by atoms with Crippen molar-refractivity contribution in [3.05, 3.63) is 51.8 Å². The van der Waals surface area contributed by atoms with Gasteiger partial charge in [-0.1, -0.05) is 12.1 Å². The van der Waals surface area contributed by atoms with Gasteiger partial charge in [-0.2, -0.15) is 13.5 Å². The van der Waals surface area contributed by atoms with E-state index in [-0.39, 0.29) is 30.5 Å². The molecule has 154 valence electrons. The molecule has 11 heteroatoms. The molecule has 29 heavy (non-hydrogen) atoms. The molecule has 0 spiro atoms. The topological polar surface area (TPSA) is 95.6 Å². The van der Waals surface area contributed by atoms with Crippen molar-refractivity contribution in [1.29, 1.82) is 0 Å². The van der Waals surface area contributed by atoms with E-state index in [0.29, 0.717) is 11.3 Å². The number of carbonyl (C=O) groups is 1. The van der Waals surface area contributed by atoms with E-state index in [1.165, 1.54) is 24.5 Å². The van der Waals surface area contributed by atoms with E-state index >= 15 is 0 Å². The standard InChI is InChI=1S/C18H17F2N3O5S/c1-26-13-9-11(4-5-12(13)27-17(19)20)6-7-21-15(24)10-23-18(25)28-16(22-23)14-3-2-8-29-14/h2-5,8-9,17H,6-7,10H2,1H3,(H,21,24). The van der Waals surface area contributed by atoms with E-state index in [2.05, 4.69) is 15.2 Å². The molecule has 0 saturated heterocycles. The van der Waals surface area contributed by atoms with Gasteiger partial charge in [0.05, 0.1) is 12.0 Å². The van der Waals surface area contributed by atoms with Crippen molar-refractivity contribution in [2.24, 2.45) is 0 Å². The Morgan fingerprint density at radius 1 is 1.34 bits per heavy atom. The van der Waals surface area contributed by atoms with Crippen LogP contribution < -0.4 is 20.5 Å². The number of hydrogen-bond acceptors (Lipinski definition) is 7. The number of thiophene rings is 1. The fourth-order valence-corrected chi connectivity index (χ4v) is 3.15. The molecule has 2 heterocycles. The summed E-state index contributed by atoms with van der Waals surface area (Å²) in [6.07, 6.45) is 0.422. The van der Waals surface area contributed by atoms with Crippen LogP contribution in [-0.4, -0.2) is 36.0 Å². The number of methoxy groups -OCH3 is 1. The van der Waals surface area contributed by atoms with Crippen molar-refractivity contribution in [1.82, 2.24) is 15.1 Å². The molecule has 0 aliphatic carbocycles. The highest BCUT2D eigenvalue weighted by Crippen LogP contribution is 2.29. The number of benzene rings is 1. The van der Waals surface area contributed by atoms with Gasteiger partial charge in [-0.15, -0.1) is 16.4 Å². The molecule has 0 radical (unpaired) electrons. The number of nitrogens with zero attached hydrogens (tertiary/aromatic N) is 2. The second kappa shape index (κ2) is 9.32. The molecule has 1 amide bonds. The normalized spacial score (nSPS) is 10.9. The van der Waals surface area contributed by atoms with Crippen molar-refractivity contribution in [2.75, 3.05) is 13.7 Å². The molecule has 3 rings (SSSR count). The van der Waals surface area contributed by atoms with E-state index in [1.807, 2.05) is 5.38 Å². The first kappa shape index (κ1) is 20.5. The van der Waals surface area contributed by atoms with Gasteiger partial charge in [0.15, 0.2) is 11.5 Å². The summed E-state index contributed by atoms with van der Waals surface area (Å²) >= 11 is 1.37. The highest BCUT2D eigenvalue weighted by molar-refractivity contribution is 7.13. The second-order valence-corrected chi connectivity index (χ2v) is 6.72. The van der Waals surface area contributed by atoms with Gasteiger partial charge in [0.25, 0.3) is 5.89 Å². The molecular formula is C18H17F2N3O5S. The number of alkyl halides is 2. The Hall–Kier alpha value is -3.21. The van der Waals surface area contributed by atoms with Crippen LogP contribution >= 0.6 is 11.3 Å². The van der Waals surface area contributed by atoms with Crippen molar-refractivity contribution < 1.29 is 27.5 Å². The summed E-state index contributed by atoms with van der Waals surface area (Å²) in [7, 11) is 1.35. The van der Waals surface area contributed by atoms with E-state index in [0.717, 1.165) is 10.2 Å². The summed E-state index contributed by atoms with van der Waals surface area (Å²) < 4.78 is 40.1. The van der Waals surface area contributed by atoms with Crippen LogP contribution in [0.4, 0.5) is 8.78 Å². The minimum Gasteiger partial charge on any atom is -0.493 e. The lowest BCUT2D eigenvalue weighted by molar-refractivity contribution is -0.121. The zero-order valence-electron chi connectivity index (χ0n) is 15.3. The van der Waals surface area contributed by atoms with E-state index in [4.69, 9.17) is 9.15 Å². The summed E-state index contributed by atoms with van der Waals surface area (Å²) in [6.45, 7) is -2.96. The van der Waals surface area contributed by atoms with Gasteiger partial charge in [-0.3, -0.25) is 4.79 Å². The molecule has 1 aromatic carbocycles. The Morgan fingerprint density at radius 2 is 2.17 bits per heavy atom. The van der Waals surface area contributed by atoms with Crippen LogP contribution in [-0.2, 0) is 17.8 Å². The lowest BCUT2D eigenvalue weighted by atomic mass is 10.1. The van der Waals surface area contributed by atoms with Gasteiger partial charge < -0.3 is 19.2 Å². The highest BCUT2D eigenvalue weighted by atomic mass is 32.1. The van der Waals surface area contributed by atoms with Crippen LogP contribution in [0.5, 0.6) is 11.5 Å². The van der Waals surface area contributed by atoms with Gasteiger partial charge >= 0.3 is 12.4 Å². The average molecular weight is 425 g/mol. The maximum Gasteiger partial charge on any atom is 0.437 e. The smallest absolute Gasteiger partial charge is 0.437 e. The predicted octanol–water partition coefficient (Wildman–Crippen LogP) is 2.53. The number of amides is 1. The molecule has 0 fully saturated rings. The van der Waals surface area contributed by atoms with Crippen LogP contribution in [0.25, 0.3) is 10.8 Å². The molecule has 2 aromatic heterocycles. The summed E-state index contributed by atoms with van der Waals surface area (Å²) in [5.74, 6) is -0.867. The zero-order valence-corrected chi connectivity index (χ0v) is 16.1. The van der Waals surface area contributed by atoms with Crippen LogP contribution in [0.3, 0.4) is 0 Å². The first-order valence-corrected chi connectivity index (χ1v) is 9.34. The van der Waals surface area contributed by atoms with Crippen LogP contribution in [0.2, 0.25) is 0 Å². The third-order valence-electron chi connectivity index (χ3n) is 3.81. The Morgan fingerprint density at radius 3 is 2.86 bits per heavy atom. The molecule has 0 saturated carbocycles. The molecule has 0 aliphatic heterocycles. The van der Waals surface area contributed by atoms with Crippen molar-refractivity contribution in [3.8, 4) is 22.3 Å². The minimum absolute atomic E-state index is 0.0674. The lowest BCUT2D eigenvalue weighted by Crippen LogP contribution is -2.32. The van der Waals surface area contributed by atoms with Crippen molar-refractivity contribution in [2.45, 2.75) is 19.6 Å². The molecule has 1 N–H and O–H groups in total. The first-order valence-electron chi connectivity index (χ1n) is 8.46. The van der Waals surface area contributed by atoms with Crippen LogP contribution in [0, 0.1) is 0 Å². The third kappa shape index (κ3) is 5.41. The Balaban J connectivity index is 1.53. The number of aromatic nitrogens is 2. The van der Waals surface area contributed by atoms with Gasteiger partial charge in [0.1, 0.15) is 6.54 Å². The van der Waals surface area contributed by atoms with Crippen LogP contribution in [0.1, 0.15) is 5.56 Å². The van der Waals surface area contributed by atoms with Gasteiger partial charge in [-0.25, -0.2) is 4.79 Å². The van der Waals surface area contributed by atoms with Crippen molar-refractivity contribution >= 4 is 17.2 Å².